The van der Waals surface area contributed by atoms with Crippen LogP contribution in [0.15, 0.2) is 0 Å². The summed E-state index contributed by atoms with van der Waals surface area (Å²) in [6.45, 7) is 5.71. The normalized spacial score (nSPS) is 27.5. The lowest BCUT2D eigenvalue weighted by Gasteiger charge is -2.26. The van der Waals surface area contributed by atoms with Gasteiger partial charge < -0.3 is 28.4 Å². The number of rotatable bonds is 28. The van der Waals surface area contributed by atoms with Crippen LogP contribution in [0.5, 0.6) is 0 Å². The molecule has 2 aliphatic heterocycles. The molecule has 0 aromatic rings. The largest absolute Gasteiger partial charge is 0.465 e. The predicted molar refractivity (Wildman–Crippen MR) is 193 cm³/mol. The van der Waals surface area contributed by atoms with E-state index in [-0.39, 0.29) is 61.5 Å². The van der Waals surface area contributed by atoms with E-state index in [0.29, 0.717) is 58.2 Å². The number of esters is 4. The molecule has 8 unspecified atom stereocenters. The lowest BCUT2D eigenvalue weighted by molar-refractivity contribution is -0.162. The second kappa shape index (κ2) is 23.5. The van der Waals surface area contributed by atoms with Crippen molar-refractivity contribution in [3.8, 4) is 0 Å². The van der Waals surface area contributed by atoms with E-state index in [0.717, 1.165) is 38.5 Å². The number of hydrogen-bond acceptors (Lipinski definition) is 10. The van der Waals surface area contributed by atoms with Gasteiger partial charge in [-0.25, -0.2) is 0 Å². The summed E-state index contributed by atoms with van der Waals surface area (Å²) < 4.78 is 33.7. The second-order valence-electron chi connectivity index (χ2n) is 15.5. The van der Waals surface area contributed by atoms with Gasteiger partial charge >= 0.3 is 23.9 Å². The Balaban J connectivity index is 1.05. The number of unbranched alkanes of at least 4 members (excludes halogenated alkanes) is 16. The Morgan fingerprint density at radius 1 is 0.373 bits per heavy atom. The highest BCUT2D eigenvalue weighted by atomic mass is 16.6. The maximum atomic E-state index is 13.0. The van der Waals surface area contributed by atoms with Gasteiger partial charge in [0, 0.05) is 0 Å². The van der Waals surface area contributed by atoms with Crippen molar-refractivity contribution in [3.05, 3.63) is 0 Å². The topological polar surface area (TPSA) is 130 Å². The Morgan fingerprint density at radius 3 is 0.843 bits per heavy atom. The van der Waals surface area contributed by atoms with Crippen LogP contribution in [-0.4, -0.2) is 74.7 Å². The highest BCUT2D eigenvalue weighted by molar-refractivity contribution is 5.83. The van der Waals surface area contributed by atoms with Gasteiger partial charge in [-0.05, 0) is 57.8 Å². The fraction of sp³-hybridized carbons (Fsp3) is 0.902. The first-order valence-electron chi connectivity index (χ1n) is 20.9. The van der Waals surface area contributed by atoms with Crippen molar-refractivity contribution in [2.75, 3.05) is 26.4 Å². The van der Waals surface area contributed by atoms with Crippen LogP contribution >= 0.6 is 0 Å². The highest BCUT2D eigenvalue weighted by Gasteiger charge is 2.54. The Labute approximate surface area is 307 Å². The molecule has 51 heavy (non-hydrogen) atoms. The molecule has 2 heterocycles. The number of hydrogen-bond donors (Lipinski definition) is 0. The molecule has 4 aliphatic rings. The van der Waals surface area contributed by atoms with E-state index in [9.17, 15) is 19.2 Å². The van der Waals surface area contributed by atoms with E-state index in [1.165, 1.54) is 64.2 Å². The molecular formula is C41H68O10. The number of epoxide rings is 2. The van der Waals surface area contributed by atoms with Crippen molar-refractivity contribution in [2.45, 2.75) is 186 Å². The van der Waals surface area contributed by atoms with E-state index in [2.05, 4.69) is 13.8 Å². The maximum absolute atomic E-state index is 13.0. The SMILES string of the molecule is CCCCCCCCCCOC(=O)C1CC2OC2CC1C(=O)OCCCCCOC(=O)C1CC2OC2CC1C(=O)OCCCCCCCCCC. The van der Waals surface area contributed by atoms with E-state index < -0.39 is 23.7 Å². The number of carbonyl (C=O) groups excluding carboxylic acids is 4. The minimum Gasteiger partial charge on any atom is -0.465 e. The van der Waals surface area contributed by atoms with Crippen LogP contribution in [0.3, 0.4) is 0 Å². The first kappa shape index (κ1) is 41.6. The third-order valence-electron chi connectivity index (χ3n) is 11.3. The molecule has 2 saturated carbocycles. The first-order chi connectivity index (χ1) is 24.9. The van der Waals surface area contributed by atoms with Gasteiger partial charge in [0.2, 0.25) is 0 Å². The van der Waals surface area contributed by atoms with Crippen LogP contribution in [0, 0.1) is 23.7 Å². The fourth-order valence-electron chi connectivity index (χ4n) is 7.86. The van der Waals surface area contributed by atoms with Crippen LogP contribution in [-0.2, 0) is 47.6 Å². The predicted octanol–water partition coefficient (Wildman–Crippen LogP) is 8.20. The molecule has 0 amide bonds. The Kier molecular flexibility index (Phi) is 19.1. The lowest BCUT2D eigenvalue weighted by atomic mass is 9.79. The molecule has 4 fully saturated rings. The van der Waals surface area contributed by atoms with Crippen molar-refractivity contribution < 1.29 is 47.6 Å². The third-order valence-corrected chi connectivity index (χ3v) is 11.3. The summed E-state index contributed by atoms with van der Waals surface area (Å²) in [5.41, 5.74) is 0. The minimum atomic E-state index is -0.536. The molecule has 10 nitrogen and oxygen atoms in total. The molecular weight excluding hydrogens is 652 g/mol. The zero-order valence-electron chi connectivity index (χ0n) is 31.8. The molecule has 0 aromatic heterocycles. The molecule has 8 atom stereocenters. The van der Waals surface area contributed by atoms with Crippen LogP contribution in [0.1, 0.15) is 162 Å². The summed E-state index contributed by atoms with van der Waals surface area (Å²) in [4.78, 5) is 51.9. The van der Waals surface area contributed by atoms with Crippen molar-refractivity contribution in [1.29, 1.82) is 0 Å². The van der Waals surface area contributed by atoms with E-state index in [1.54, 1.807) is 0 Å². The Morgan fingerprint density at radius 2 is 0.588 bits per heavy atom. The van der Waals surface area contributed by atoms with Gasteiger partial charge in [0.05, 0.1) is 74.5 Å². The van der Waals surface area contributed by atoms with Crippen LogP contribution in [0.4, 0.5) is 0 Å². The van der Waals surface area contributed by atoms with Crippen molar-refractivity contribution in [1.82, 2.24) is 0 Å². The average Bonchev–Trinajstić information content (AvgIpc) is 4.07. The number of ether oxygens (including phenoxy) is 6. The molecule has 0 aromatic carbocycles. The van der Waals surface area contributed by atoms with Crippen molar-refractivity contribution in [2.24, 2.45) is 23.7 Å². The number of carbonyl (C=O) groups is 4. The average molecular weight is 721 g/mol. The molecule has 0 spiro atoms. The van der Waals surface area contributed by atoms with Crippen LogP contribution in [0.25, 0.3) is 0 Å². The zero-order valence-corrected chi connectivity index (χ0v) is 31.8. The van der Waals surface area contributed by atoms with E-state index >= 15 is 0 Å². The summed E-state index contributed by atoms with van der Waals surface area (Å²) in [7, 11) is 0. The quantitative estimate of drug-likeness (QED) is 0.0337. The summed E-state index contributed by atoms with van der Waals surface area (Å²) in [6, 6.07) is 0. The molecule has 0 N–H and O–H groups in total. The standard InChI is InChI=1S/C41H68O10/c1-3-5-7-9-11-13-15-18-22-46-38(42)30-26-34-36(50-34)28-32(30)40(44)48-24-20-17-21-25-49-41(45)33-29-37-35(51-37)27-31(33)39(43)47-23-19-16-14-12-10-8-6-4-2/h30-37H,3-29H2,1-2H3. The highest BCUT2D eigenvalue weighted by Crippen LogP contribution is 2.45. The molecule has 2 saturated heterocycles. The lowest BCUT2D eigenvalue weighted by Crippen LogP contribution is -2.38. The van der Waals surface area contributed by atoms with Crippen molar-refractivity contribution >= 4 is 23.9 Å². The zero-order chi connectivity index (χ0) is 36.3. The summed E-state index contributed by atoms with van der Waals surface area (Å²) in [5, 5.41) is 0. The van der Waals surface area contributed by atoms with Crippen molar-refractivity contribution in [3.63, 3.8) is 0 Å². The summed E-state index contributed by atoms with van der Waals surface area (Å²) in [6.07, 6.45) is 22.9. The van der Waals surface area contributed by atoms with Gasteiger partial charge in [0.25, 0.3) is 0 Å². The third kappa shape index (κ3) is 15.0. The smallest absolute Gasteiger partial charge is 0.309 e. The maximum Gasteiger partial charge on any atom is 0.309 e. The monoisotopic (exact) mass is 720 g/mol. The van der Waals surface area contributed by atoms with Gasteiger partial charge in [-0.1, -0.05) is 104 Å². The van der Waals surface area contributed by atoms with Gasteiger partial charge in [-0.2, -0.15) is 0 Å². The number of fused-ring (bicyclic) bond motifs is 2. The van der Waals surface area contributed by atoms with E-state index in [4.69, 9.17) is 28.4 Å². The first-order valence-corrected chi connectivity index (χ1v) is 20.9. The second-order valence-corrected chi connectivity index (χ2v) is 15.5. The van der Waals surface area contributed by atoms with E-state index in [1.807, 2.05) is 0 Å². The summed E-state index contributed by atoms with van der Waals surface area (Å²) in [5.74, 6) is -3.44. The van der Waals surface area contributed by atoms with Crippen LogP contribution < -0.4 is 0 Å². The molecule has 0 bridgehead atoms. The van der Waals surface area contributed by atoms with Crippen LogP contribution in [0.2, 0.25) is 0 Å². The molecule has 2 aliphatic carbocycles. The Bertz CT molecular complexity index is 967. The molecule has 4 rings (SSSR count). The Hall–Kier alpha value is -2.20. The van der Waals surface area contributed by atoms with Gasteiger partial charge in [-0.15, -0.1) is 0 Å². The fourth-order valence-corrected chi connectivity index (χ4v) is 7.86. The van der Waals surface area contributed by atoms with Gasteiger partial charge in [0.15, 0.2) is 0 Å². The van der Waals surface area contributed by atoms with Gasteiger partial charge in [0.1, 0.15) is 0 Å². The summed E-state index contributed by atoms with van der Waals surface area (Å²) >= 11 is 0. The van der Waals surface area contributed by atoms with Gasteiger partial charge in [-0.3, -0.25) is 19.2 Å². The minimum absolute atomic E-state index is 0.0341. The molecule has 0 radical (unpaired) electrons. The molecule has 292 valence electrons. The molecule has 10 heteroatoms.